The van der Waals surface area contributed by atoms with E-state index in [1.807, 2.05) is 0 Å². The molecule has 0 fully saturated rings. The van der Waals surface area contributed by atoms with Crippen molar-refractivity contribution in [3.05, 3.63) is 23.3 Å². The molecule has 0 aromatic heterocycles. The maximum atomic E-state index is 13.5. The molecule has 1 aromatic rings. The number of nitrogens with two attached hydrogens (primary N) is 1. The van der Waals surface area contributed by atoms with E-state index in [1.165, 1.54) is 27.2 Å². The van der Waals surface area contributed by atoms with E-state index in [0.29, 0.717) is 22.6 Å². The molecular weight excluding hydrogens is 225 g/mol. The van der Waals surface area contributed by atoms with Gasteiger partial charge in [0.1, 0.15) is 6.17 Å². The van der Waals surface area contributed by atoms with Crippen LogP contribution in [0.3, 0.4) is 0 Å². The standard InChI is InChI=1S/C12H18FNO3/c1-7(13)8-4-11(16-2)12(17-3)5-9(8)10(15)6-14/h4-5,7,10,15H,6,14H2,1-3H3. The summed E-state index contributed by atoms with van der Waals surface area (Å²) in [6.45, 7) is 1.42. The summed E-state index contributed by atoms with van der Waals surface area (Å²) in [5.41, 5.74) is 6.18. The summed E-state index contributed by atoms with van der Waals surface area (Å²) >= 11 is 0. The Morgan fingerprint density at radius 1 is 1.24 bits per heavy atom. The second-order valence-corrected chi connectivity index (χ2v) is 3.70. The van der Waals surface area contributed by atoms with Crippen LogP contribution in [-0.2, 0) is 0 Å². The average molecular weight is 243 g/mol. The molecule has 0 saturated heterocycles. The van der Waals surface area contributed by atoms with Crippen LogP contribution in [0.1, 0.15) is 30.3 Å². The van der Waals surface area contributed by atoms with E-state index >= 15 is 0 Å². The van der Waals surface area contributed by atoms with Gasteiger partial charge < -0.3 is 20.3 Å². The van der Waals surface area contributed by atoms with Crippen molar-refractivity contribution in [3.8, 4) is 11.5 Å². The Bertz CT molecular complexity index is 382. The van der Waals surface area contributed by atoms with Crippen LogP contribution in [0.5, 0.6) is 11.5 Å². The zero-order valence-corrected chi connectivity index (χ0v) is 10.2. The number of alkyl halides is 1. The normalized spacial score (nSPS) is 14.2. The average Bonchev–Trinajstić information content (AvgIpc) is 2.35. The monoisotopic (exact) mass is 243 g/mol. The fourth-order valence-electron chi connectivity index (χ4n) is 1.67. The molecule has 1 rings (SSSR count). The number of hydrogen-bond donors (Lipinski definition) is 2. The lowest BCUT2D eigenvalue weighted by molar-refractivity contribution is 0.182. The van der Waals surface area contributed by atoms with Gasteiger partial charge in [-0.15, -0.1) is 0 Å². The van der Waals surface area contributed by atoms with Gasteiger partial charge >= 0.3 is 0 Å². The van der Waals surface area contributed by atoms with E-state index in [1.54, 1.807) is 6.07 Å². The van der Waals surface area contributed by atoms with Gasteiger partial charge in [-0.25, -0.2) is 4.39 Å². The minimum absolute atomic E-state index is 0.0230. The first kappa shape index (κ1) is 13.7. The molecule has 0 bridgehead atoms. The van der Waals surface area contributed by atoms with Crippen LogP contribution in [0.25, 0.3) is 0 Å². The first-order valence-corrected chi connectivity index (χ1v) is 5.33. The number of aliphatic hydroxyl groups excluding tert-OH is 1. The van der Waals surface area contributed by atoms with Crippen molar-refractivity contribution in [1.82, 2.24) is 0 Å². The third-order valence-corrected chi connectivity index (χ3v) is 2.60. The van der Waals surface area contributed by atoms with E-state index in [9.17, 15) is 9.50 Å². The van der Waals surface area contributed by atoms with Gasteiger partial charge in [-0.1, -0.05) is 0 Å². The third-order valence-electron chi connectivity index (χ3n) is 2.60. The summed E-state index contributed by atoms with van der Waals surface area (Å²) in [4.78, 5) is 0. The van der Waals surface area contributed by atoms with Gasteiger partial charge in [0, 0.05) is 6.54 Å². The Hall–Kier alpha value is -1.33. The van der Waals surface area contributed by atoms with Crippen LogP contribution in [0.4, 0.5) is 4.39 Å². The van der Waals surface area contributed by atoms with Crippen LogP contribution in [-0.4, -0.2) is 25.9 Å². The topological polar surface area (TPSA) is 64.7 Å². The first-order valence-electron chi connectivity index (χ1n) is 5.33. The predicted molar refractivity (Wildman–Crippen MR) is 63.1 cm³/mol. The maximum Gasteiger partial charge on any atom is 0.161 e. The third kappa shape index (κ3) is 2.87. The smallest absolute Gasteiger partial charge is 0.161 e. The molecule has 1 aromatic carbocycles. The molecule has 2 atom stereocenters. The van der Waals surface area contributed by atoms with Gasteiger partial charge in [0.05, 0.1) is 20.3 Å². The molecule has 3 N–H and O–H groups in total. The number of halogens is 1. The fraction of sp³-hybridized carbons (Fsp3) is 0.500. The second-order valence-electron chi connectivity index (χ2n) is 3.70. The van der Waals surface area contributed by atoms with Crippen LogP contribution >= 0.6 is 0 Å². The van der Waals surface area contributed by atoms with Crippen molar-refractivity contribution in [2.45, 2.75) is 19.2 Å². The maximum absolute atomic E-state index is 13.5. The largest absolute Gasteiger partial charge is 0.493 e. The highest BCUT2D eigenvalue weighted by atomic mass is 19.1. The Morgan fingerprint density at radius 3 is 2.06 bits per heavy atom. The molecule has 2 unspecified atom stereocenters. The lowest BCUT2D eigenvalue weighted by Gasteiger charge is -2.18. The molecule has 0 saturated carbocycles. The van der Waals surface area contributed by atoms with E-state index < -0.39 is 12.3 Å². The van der Waals surface area contributed by atoms with Crippen LogP contribution in [0, 0.1) is 0 Å². The first-order chi connectivity index (χ1) is 8.04. The SMILES string of the molecule is COc1cc(C(C)F)c(C(O)CN)cc1OC. The van der Waals surface area contributed by atoms with Crippen molar-refractivity contribution in [1.29, 1.82) is 0 Å². The van der Waals surface area contributed by atoms with E-state index in [0.717, 1.165) is 0 Å². The molecule has 5 heteroatoms. The highest BCUT2D eigenvalue weighted by Gasteiger charge is 2.19. The molecule has 0 radical (unpaired) electrons. The Morgan fingerprint density at radius 2 is 1.71 bits per heavy atom. The molecule has 0 heterocycles. The lowest BCUT2D eigenvalue weighted by atomic mass is 9.98. The van der Waals surface area contributed by atoms with Gasteiger partial charge in [0.2, 0.25) is 0 Å². The number of benzene rings is 1. The molecule has 0 aliphatic carbocycles. The highest BCUT2D eigenvalue weighted by molar-refractivity contribution is 5.49. The summed E-state index contributed by atoms with van der Waals surface area (Å²) in [5, 5.41) is 9.75. The number of aliphatic hydroxyl groups is 1. The van der Waals surface area contributed by atoms with Crippen molar-refractivity contribution >= 4 is 0 Å². The zero-order valence-electron chi connectivity index (χ0n) is 10.2. The predicted octanol–water partition coefficient (Wildman–Crippen LogP) is 1.73. The van der Waals surface area contributed by atoms with E-state index in [4.69, 9.17) is 15.2 Å². The Balaban J connectivity index is 3.34. The zero-order chi connectivity index (χ0) is 13.0. The molecule has 17 heavy (non-hydrogen) atoms. The quantitative estimate of drug-likeness (QED) is 0.826. The molecule has 0 spiro atoms. The Labute approximate surface area is 100 Å². The van der Waals surface area contributed by atoms with Crippen LogP contribution in [0.2, 0.25) is 0 Å². The molecule has 0 aliphatic heterocycles. The molecule has 4 nitrogen and oxygen atoms in total. The summed E-state index contributed by atoms with van der Waals surface area (Å²) in [7, 11) is 2.96. The second kappa shape index (κ2) is 5.84. The van der Waals surface area contributed by atoms with Crippen LogP contribution in [0.15, 0.2) is 12.1 Å². The Kier molecular flexibility index (Phi) is 4.72. The highest BCUT2D eigenvalue weighted by Crippen LogP contribution is 2.36. The lowest BCUT2D eigenvalue weighted by Crippen LogP contribution is -2.14. The number of hydrogen-bond acceptors (Lipinski definition) is 4. The van der Waals surface area contributed by atoms with Gasteiger partial charge in [-0.05, 0) is 30.2 Å². The van der Waals surface area contributed by atoms with E-state index in [2.05, 4.69) is 0 Å². The molecule has 96 valence electrons. The van der Waals surface area contributed by atoms with Gasteiger partial charge in [0.25, 0.3) is 0 Å². The molecule has 0 amide bonds. The van der Waals surface area contributed by atoms with Gasteiger partial charge in [-0.2, -0.15) is 0 Å². The van der Waals surface area contributed by atoms with Gasteiger partial charge in [-0.3, -0.25) is 0 Å². The van der Waals surface area contributed by atoms with E-state index in [-0.39, 0.29) is 6.54 Å². The van der Waals surface area contributed by atoms with Crippen molar-refractivity contribution in [2.75, 3.05) is 20.8 Å². The summed E-state index contributed by atoms with van der Waals surface area (Å²) in [6, 6.07) is 3.08. The number of ether oxygens (including phenoxy) is 2. The minimum Gasteiger partial charge on any atom is -0.493 e. The minimum atomic E-state index is -1.22. The van der Waals surface area contributed by atoms with Crippen molar-refractivity contribution in [2.24, 2.45) is 5.73 Å². The van der Waals surface area contributed by atoms with Gasteiger partial charge in [0.15, 0.2) is 11.5 Å². The van der Waals surface area contributed by atoms with Crippen LogP contribution < -0.4 is 15.2 Å². The number of methoxy groups -OCH3 is 2. The summed E-state index contributed by atoms with van der Waals surface area (Å²) < 4.78 is 23.7. The van der Waals surface area contributed by atoms with Crippen molar-refractivity contribution < 1.29 is 19.0 Å². The fourth-order valence-corrected chi connectivity index (χ4v) is 1.67. The van der Waals surface area contributed by atoms with Crippen molar-refractivity contribution in [3.63, 3.8) is 0 Å². The number of rotatable bonds is 5. The molecule has 0 aliphatic rings. The molecular formula is C12H18FNO3. The summed E-state index contributed by atoms with van der Waals surface area (Å²) in [5.74, 6) is 0.874. The summed E-state index contributed by atoms with van der Waals surface area (Å²) in [6.07, 6.45) is -2.13.